The van der Waals surface area contributed by atoms with Gasteiger partial charge in [-0.25, -0.2) is 0 Å². The van der Waals surface area contributed by atoms with Gasteiger partial charge in [0.15, 0.2) is 0 Å². The summed E-state index contributed by atoms with van der Waals surface area (Å²) in [5.74, 6) is 2.77. The van der Waals surface area contributed by atoms with Gasteiger partial charge in [-0.1, -0.05) is 26.0 Å². The van der Waals surface area contributed by atoms with E-state index in [1.165, 1.54) is 18.5 Å². The number of likely N-dealkylation sites (N-methyl/N-ethyl adjacent to an activating group) is 2. The fraction of sp³-hybridized carbons (Fsp3) is 0.647. The summed E-state index contributed by atoms with van der Waals surface area (Å²) >= 11 is 0. The summed E-state index contributed by atoms with van der Waals surface area (Å²) in [7, 11) is 3.96. The highest BCUT2D eigenvalue weighted by Gasteiger charge is 2.33. The van der Waals surface area contributed by atoms with Crippen molar-refractivity contribution in [3.05, 3.63) is 29.8 Å². The van der Waals surface area contributed by atoms with E-state index >= 15 is 0 Å². The van der Waals surface area contributed by atoms with Crippen LogP contribution in [-0.4, -0.2) is 38.7 Å². The van der Waals surface area contributed by atoms with E-state index in [1.54, 1.807) is 7.11 Å². The molecule has 0 aromatic heterocycles. The van der Waals surface area contributed by atoms with Crippen molar-refractivity contribution in [2.75, 3.05) is 33.8 Å². The Morgan fingerprint density at radius 2 is 2.20 bits per heavy atom. The number of benzene rings is 1. The molecule has 1 fully saturated rings. The van der Waals surface area contributed by atoms with Gasteiger partial charge in [0.2, 0.25) is 0 Å². The molecule has 0 amide bonds. The zero-order chi connectivity index (χ0) is 14.5. The quantitative estimate of drug-likeness (QED) is 0.790. The molecule has 1 aliphatic carbocycles. The molecule has 0 saturated heterocycles. The van der Waals surface area contributed by atoms with Gasteiger partial charge >= 0.3 is 0 Å². The van der Waals surface area contributed by atoms with Crippen LogP contribution < -0.4 is 10.1 Å². The van der Waals surface area contributed by atoms with Gasteiger partial charge in [0, 0.05) is 19.1 Å². The largest absolute Gasteiger partial charge is 0.497 e. The van der Waals surface area contributed by atoms with Crippen LogP contribution in [0.15, 0.2) is 24.3 Å². The highest BCUT2D eigenvalue weighted by atomic mass is 16.5. The van der Waals surface area contributed by atoms with E-state index in [9.17, 15) is 0 Å². The lowest BCUT2D eigenvalue weighted by molar-refractivity contribution is 0.277. The van der Waals surface area contributed by atoms with Crippen molar-refractivity contribution in [1.29, 1.82) is 0 Å². The van der Waals surface area contributed by atoms with Crippen molar-refractivity contribution in [3.8, 4) is 5.75 Å². The van der Waals surface area contributed by atoms with Crippen LogP contribution in [0.3, 0.4) is 0 Å². The number of methoxy groups -OCH3 is 1. The van der Waals surface area contributed by atoms with Crippen molar-refractivity contribution in [2.24, 2.45) is 11.8 Å². The van der Waals surface area contributed by atoms with Crippen LogP contribution in [0.4, 0.5) is 0 Å². The number of hydrogen-bond donors (Lipinski definition) is 1. The molecule has 1 aromatic rings. The Morgan fingerprint density at radius 1 is 1.45 bits per heavy atom. The lowest BCUT2D eigenvalue weighted by Gasteiger charge is -2.25. The van der Waals surface area contributed by atoms with E-state index in [0.29, 0.717) is 6.04 Å². The highest BCUT2D eigenvalue weighted by molar-refractivity contribution is 5.30. The van der Waals surface area contributed by atoms with Crippen LogP contribution in [0.1, 0.15) is 31.9 Å². The number of nitrogens with one attached hydrogen (secondary N) is 1. The van der Waals surface area contributed by atoms with Crippen LogP contribution in [0, 0.1) is 11.8 Å². The minimum atomic E-state index is 0.370. The number of nitrogens with zero attached hydrogens (tertiary/aromatic N) is 1. The van der Waals surface area contributed by atoms with Gasteiger partial charge in [0.05, 0.1) is 7.11 Å². The minimum absolute atomic E-state index is 0.370. The van der Waals surface area contributed by atoms with Crippen molar-refractivity contribution in [1.82, 2.24) is 10.2 Å². The first kappa shape index (κ1) is 15.3. The molecule has 0 aliphatic heterocycles. The van der Waals surface area contributed by atoms with E-state index in [-0.39, 0.29) is 0 Å². The zero-order valence-corrected chi connectivity index (χ0v) is 13.2. The summed E-state index contributed by atoms with van der Waals surface area (Å²) in [5.41, 5.74) is 1.31. The van der Waals surface area contributed by atoms with Gasteiger partial charge in [0.1, 0.15) is 5.75 Å². The van der Waals surface area contributed by atoms with E-state index in [0.717, 1.165) is 30.7 Å². The molecule has 3 unspecified atom stereocenters. The normalized spacial score (nSPS) is 22.9. The first-order chi connectivity index (χ1) is 9.63. The van der Waals surface area contributed by atoms with Crippen molar-refractivity contribution in [2.45, 2.75) is 26.3 Å². The fourth-order valence-electron chi connectivity index (χ4n) is 2.83. The van der Waals surface area contributed by atoms with E-state index in [1.807, 2.05) is 6.07 Å². The van der Waals surface area contributed by atoms with Gasteiger partial charge in [-0.05, 0) is 49.5 Å². The average Bonchev–Trinajstić information content (AvgIpc) is 3.13. The van der Waals surface area contributed by atoms with Gasteiger partial charge in [-0.3, -0.25) is 0 Å². The van der Waals surface area contributed by atoms with Crippen LogP contribution in [0.25, 0.3) is 0 Å². The standard InChI is InChI=1S/C17H28N2O/c1-5-18-17(12-19(3)11-15-9-13(15)2)14-7-6-8-16(10-14)20-4/h6-8,10,13,15,17-18H,5,9,11-12H2,1-4H3. The second-order valence-corrected chi connectivity index (χ2v) is 6.08. The Hall–Kier alpha value is -1.06. The molecule has 1 aliphatic rings. The first-order valence-electron chi connectivity index (χ1n) is 7.70. The predicted octanol–water partition coefficient (Wildman–Crippen LogP) is 2.93. The maximum absolute atomic E-state index is 5.34. The topological polar surface area (TPSA) is 24.5 Å². The molecule has 3 atom stereocenters. The maximum atomic E-state index is 5.34. The number of ether oxygens (including phenoxy) is 1. The molecule has 0 bridgehead atoms. The van der Waals surface area contributed by atoms with Crippen molar-refractivity contribution >= 4 is 0 Å². The molecular formula is C17H28N2O. The van der Waals surface area contributed by atoms with Gasteiger partial charge in [0.25, 0.3) is 0 Å². The predicted molar refractivity (Wildman–Crippen MR) is 84.2 cm³/mol. The molecular weight excluding hydrogens is 248 g/mol. The molecule has 1 saturated carbocycles. The molecule has 0 spiro atoms. The summed E-state index contributed by atoms with van der Waals surface area (Å²) in [6.07, 6.45) is 1.40. The Kier molecular flexibility index (Phi) is 5.44. The highest BCUT2D eigenvalue weighted by Crippen LogP contribution is 2.38. The van der Waals surface area contributed by atoms with E-state index < -0.39 is 0 Å². The first-order valence-corrected chi connectivity index (χ1v) is 7.70. The van der Waals surface area contributed by atoms with Gasteiger partial charge < -0.3 is 15.0 Å². The molecule has 3 heteroatoms. The Bertz CT molecular complexity index is 421. The third kappa shape index (κ3) is 4.22. The summed E-state index contributed by atoms with van der Waals surface area (Å²) < 4.78 is 5.34. The van der Waals surface area contributed by atoms with Gasteiger partial charge in [-0.2, -0.15) is 0 Å². The second-order valence-electron chi connectivity index (χ2n) is 6.08. The monoisotopic (exact) mass is 276 g/mol. The molecule has 2 rings (SSSR count). The zero-order valence-electron chi connectivity index (χ0n) is 13.2. The van der Waals surface area contributed by atoms with Crippen LogP contribution in [-0.2, 0) is 0 Å². The lowest BCUT2D eigenvalue weighted by Crippen LogP contribution is -2.34. The Morgan fingerprint density at radius 3 is 2.80 bits per heavy atom. The molecule has 112 valence electrons. The van der Waals surface area contributed by atoms with Crippen LogP contribution in [0.2, 0.25) is 0 Å². The number of hydrogen-bond acceptors (Lipinski definition) is 3. The molecule has 1 N–H and O–H groups in total. The summed E-state index contributed by atoms with van der Waals surface area (Å²) in [5, 5.41) is 3.59. The van der Waals surface area contributed by atoms with E-state index in [4.69, 9.17) is 4.74 Å². The van der Waals surface area contributed by atoms with E-state index in [2.05, 4.69) is 49.3 Å². The van der Waals surface area contributed by atoms with Crippen molar-refractivity contribution < 1.29 is 4.74 Å². The molecule has 3 nitrogen and oxygen atoms in total. The van der Waals surface area contributed by atoms with Gasteiger partial charge in [-0.15, -0.1) is 0 Å². The summed E-state index contributed by atoms with van der Waals surface area (Å²) in [6, 6.07) is 8.77. The third-order valence-corrected chi connectivity index (χ3v) is 4.26. The molecule has 0 radical (unpaired) electrons. The lowest BCUT2D eigenvalue weighted by atomic mass is 10.1. The Balaban J connectivity index is 1.97. The minimum Gasteiger partial charge on any atom is -0.497 e. The third-order valence-electron chi connectivity index (χ3n) is 4.26. The summed E-state index contributed by atoms with van der Waals surface area (Å²) in [4.78, 5) is 2.46. The Labute approximate surface area is 123 Å². The summed E-state index contributed by atoms with van der Waals surface area (Å²) in [6.45, 7) is 7.76. The SMILES string of the molecule is CCNC(CN(C)CC1CC1C)c1cccc(OC)c1. The van der Waals surface area contributed by atoms with Crippen LogP contribution in [0.5, 0.6) is 5.75 Å². The average molecular weight is 276 g/mol. The number of rotatable bonds is 8. The molecule has 20 heavy (non-hydrogen) atoms. The maximum Gasteiger partial charge on any atom is 0.119 e. The molecule has 0 heterocycles. The molecule has 1 aromatic carbocycles. The second kappa shape index (κ2) is 7.09. The fourth-order valence-corrected chi connectivity index (χ4v) is 2.83. The van der Waals surface area contributed by atoms with Crippen LogP contribution >= 0.6 is 0 Å². The van der Waals surface area contributed by atoms with Crippen molar-refractivity contribution in [3.63, 3.8) is 0 Å². The smallest absolute Gasteiger partial charge is 0.119 e.